The summed E-state index contributed by atoms with van der Waals surface area (Å²) in [5.74, 6) is -1.12. The van der Waals surface area contributed by atoms with Gasteiger partial charge in [-0.05, 0) is 23.7 Å². The lowest BCUT2D eigenvalue weighted by atomic mass is 10.2. The van der Waals surface area contributed by atoms with E-state index in [1.54, 1.807) is 0 Å². The van der Waals surface area contributed by atoms with Crippen molar-refractivity contribution in [1.82, 2.24) is 10.6 Å². The molecule has 3 N–H and O–H groups in total. The van der Waals surface area contributed by atoms with Gasteiger partial charge in [0.1, 0.15) is 12.6 Å². The third-order valence-electron chi connectivity index (χ3n) is 5.61. The van der Waals surface area contributed by atoms with Gasteiger partial charge in [0.15, 0.2) is 8.32 Å². The van der Waals surface area contributed by atoms with E-state index in [9.17, 15) is 19.5 Å². The van der Waals surface area contributed by atoms with Crippen molar-refractivity contribution in [2.75, 3.05) is 20.3 Å². The SMILES string of the molecule is COC(=O)[C@H](CCO[Si](C)(C)C(C)(C)C)NC(=O)C[C@@H](O)CNC(=O)OCc1ccccc1. The maximum absolute atomic E-state index is 12.3. The number of carbonyl (C=O) groups excluding carboxylic acids is 3. The number of esters is 1. The second kappa shape index (κ2) is 13.3. The van der Waals surface area contributed by atoms with Gasteiger partial charge in [0.25, 0.3) is 0 Å². The number of benzene rings is 1. The summed E-state index contributed by atoms with van der Waals surface area (Å²) in [6.07, 6.45) is -1.88. The second-order valence-corrected chi connectivity index (χ2v) is 14.2. The zero-order chi connectivity index (χ0) is 25.1. The van der Waals surface area contributed by atoms with Crippen LogP contribution in [0.15, 0.2) is 30.3 Å². The number of alkyl carbamates (subject to hydrolysis) is 1. The normalized spacial score (nSPS) is 13.5. The van der Waals surface area contributed by atoms with Gasteiger partial charge in [-0.15, -0.1) is 0 Å². The molecule has 1 rings (SSSR count). The molecule has 0 saturated heterocycles. The van der Waals surface area contributed by atoms with Crippen LogP contribution in [0.25, 0.3) is 0 Å². The van der Waals surface area contributed by atoms with Crippen LogP contribution in [0.1, 0.15) is 39.2 Å². The van der Waals surface area contributed by atoms with Gasteiger partial charge in [0, 0.05) is 19.6 Å². The summed E-state index contributed by atoms with van der Waals surface area (Å²) in [4.78, 5) is 36.1. The molecule has 1 aromatic carbocycles. The number of rotatable bonds is 12. The zero-order valence-corrected chi connectivity index (χ0v) is 21.5. The monoisotopic (exact) mass is 482 g/mol. The van der Waals surface area contributed by atoms with Gasteiger partial charge in [-0.25, -0.2) is 9.59 Å². The Bertz CT molecular complexity index is 766. The smallest absolute Gasteiger partial charge is 0.407 e. The van der Waals surface area contributed by atoms with Crippen LogP contribution in [0, 0.1) is 0 Å². The topological polar surface area (TPSA) is 123 Å². The lowest BCUT2D eigenvalue weighted by molar-refractivity contribution is -0.145. The third-order valence-corrected chi connectivity index (χ3v) is 10.2. The number of hydrogen-bond acceptors (Lipinski definition) is 7. The molecule has 0 radical (unpaired) electrons. The fourth-order valence-electron chi connectivity index (χ4n) is 2.55. The molecule has 2 atom stereocenters. The Morgan fingerprint density at radius 3 is 2.33 bits per heavy atom. The van der Waals surface area contributed by atoms with Gasteiger partial charge in [-0.2, -0.15) is 0 Å². The van der Waals surface area contributed by atoms with E-state index in [4.69, 9.17) is 13.9 Å². The Hall–Kier alpha value is -2.43. The largest absolute Gasteiger partial charge is 0.467 e. The zero-order valence-electron chi connectivity index (χ0n) is 20.5. The van der Waals surface area contributed by atoms with Crippen LogP contribution in [0.4, 0.5) is 4.79 Å². The number of aliphatic hydroxyl groups excluding tert-OH is 1. The number of carbonyl (C=O) groups is 3. The van der Waals surface area contributed by atoms with Crippen molar-refractivity contribution in [3.8, 4) is 0 Å². The van der Waals surface area contributed by atoms with Crippen LogP contribution >= 0.6 is 0 Å². The first-order valence-electron chi connectivity index (χ1n) is 11.0. The molecule has 0 spiro atoms. The molecule has 0 aromatic heterocycles. The van der Waals surface area contributed by atoms with E-state index < -0.39 is 38.4 Å². The Morgan fingerprint density at radius 2 is 1.76 bits per heavy atom. The average molecular weight is 483 g/mol. The van der Waals surface area contributed by atoms with Crippen LogP contribution in [0.5, 0.6) is 0 Å². The van der Waals surface area contributed by atoms with E-state index in [0.29, 0.717) is 6.61 Å². The number of methoxy groups -OCH3 is 1. The molecule has 0 bridgehead atoms. The molecule has 1 aromatic rings. The molecule has 0 aliphatic rings. The van der Waals surface area contributed by atoms with E-state index in [1.807, 2.05) is 30.3 Å². The highest BCUT2D eigenvalue weighted by molar-refractivity contribution is 6.74. The molecule has 0 unspecified atom stereocenters. The molecule has 0 aliphatic carbocycles. The average Bonchev–Trinajstić information content (AvgIpc) is 2.74. The third kappa shape index (κ3) is 10.8. The molecular formula is C23H38N2O7Si. The maximum Gasteiger partial charge on any atom is 0.407 e. The minimum Gasteiger partial charge on any atom is -0.467 e. The lowest BCUT2D eigenvalue weighted by Crippen LogP contribution is -2.46. The summed E-state index contributed by atoms with van der Waals surface area (Å²) in [5, 5.41) is 15.1. The fourth-order valence-corrected chi connectivity index (χ4v) is 3.62. The highest BCUT2D eigenvalue weighted by Gasteiger charge is 2.37. The molecule has 186 valence electrons. The van der Waals surface area contributed by atoms with Gasteiger partial charge in [0.05, 0.1) is 19.6 Å². The number of hydrogen-bond donors (Lipinski definition) is 3. The van der Waals surface area contributed by atoms with E-state index >= 15 is 0 Å². The Labute approximate surface area is 197 Å². The van der Waals surface area contributed by atoms with Crippen molar-refractivity contribution in [2.24, 2.45) is 0 Å². The molecule has 0 saturated carbocycles. The van der Waals surface area contributed by atoms with Crippen LogP contribution in [-0.4, -0.2) is 63.8 Å². The number of nitrogens with one attached hydrogen (secondary N) is 2. The first-order chi connectivity index (χ1) is 15.4. The molecule has 0 fully saturated rings. The summed E-state index contributed by atoms with van der Waals surface area (Å²) in [6, 6.07) is 8.28. The van der Waals surface area contributed by atoms with Gasteiger partial charge >= 0.3 is 12.1 Å². The molecule has 9 nitrogen and oxygen atoms in total. The molecule has 33 heavy (non-hydrogen) atoms. The second-order valence-electron chi connectivity index (χ2n) is 9.34. The van der Waals surface area contributed by atoms with E-state index in [1.165, 1.54) is 7.11 Å². The standard InChI is InChI=1S/C23H38N2O7Si/c1-23(2,3)33(5,6)32-13-12-19(21(28)30-4)25-20(27)14-18(26)15-24-22(29)31-16-17-10-8-7-9-11-17/h7-11,18-19,26H,12-16H2,1-6H3,(H,24,29)(H,25,27)/t18-,19+/m1/s1. The first kappa shape index (κ1) is 28.6. The molecule has 2 amide bonds. The van der Waals surface area contributed by atoms with Crippen LogP contribution in [0.2, 0.25) is 18.1 Å². The molecule has 10 heteroatoms. The predicted molar refractivity (Wildman–Crippen MR) is 127 cm³/mol. The summed E-state index contributed by atoms with van der Waals surface area (Å²) in [7, 11) is -0.744. The summed E-state index contributed by atoms with van der Waals surface area (Å²) in [6.45, 7) is 10.8. The van der Waals surface area contributed by atoms with Gasteiger partial charge < -0.3 is 29.6 Å². The highest BCUT2D eigenvalue weighted by atomic mass is 28.4. The highest BCUT2D eigenvalue weighted by Crippen LogP contribution is 2.36. The van der Waals surface area contributed by atoms with Crippen molar-refractivity contribution >= 4 is 26.3 Å². The Balaban J connectivity index is 2.43. The van der Waals surface area contributed by atoms with Gasteiger partial charge in [-0.1, -0.05) is 51.1 Å². The van der Waals surface area contributed by atoms with Crippen molar-refractivity contribution < 1.29 is 33.4 Å². The van der Waals surface area contributed by atoms with Crippen molar-refractivity contribution in [3.05, 3.63) is 35.9 Å². The quantitative estimate of drug-likeness (QED) is 0.309. The maximum atomic E-state index is 12.3. The van der Waals surface area contributed by atoms with Crippen molar-refractivity contribution in [1.29, 1.82) is 0 Å². The van der Waals surface area contributed by atoms with Crippen molar-refractivity contribution in [3.63, 3.8) is 0 Å². The first-order valence-corrected chi connectivity index (χ1v) is 13.9. The summed E-state index contributed by atoms with van der Waals surface area (Å²) >= 11 is 0. The van der Waals surface area contributed by atoms with E-state index in [0.717, 1.165) is 5.56 Å². The van der Waals surface area contributed by atoms with Crippen LogP contribution in [-0.2, 0) is 30.1 Å². The predicted octanol–water partition coefficient (Wildman–Crippen LogP) is 2.73. The lowest BCUT2D eigenvalue weighted by Gasteiger charge is -2.36. The van der Waals surface area contributed by atoms with E-state index in [2.05, 4.69) is 44.5 Å². The Morgan fingerprint density at radius 1 is 1.12 bits per heavy atom. The van der Waals surface area contributed by atoms with Gasteiger partial charge in [0.2, 0.25) is 5.91 Å². The summed E-state index contributed by atoms with van der Waals surface area (Å²) < 4.78 is 15.9. The number of ether oxygens (including phenoxy) is 2. The molecule has 0 heterocycles. The molecular weight excluding hydrogens is 444 g/mol. The van der Waals surface area contributed by atoms with Crippen LogP contribution in [0.3, 0.4) is 0 Å². The Kier molecular flexibility index (Phi) is 11.5. The minimum absolute atomic E-state index is 0.0242. The van der Waals surface area contributed by atoms with Crippen LogP contribution < -0.4 is 10.6 Å². The number of amides is 2. The molecule has 0 aliphatic heterocycles. The fraction of sp³-hybridized carbons (Fsp3) is 0.609. The van der Waals surface area contributed by atoms with E-state index in [-0.39, 0.29) is 31.0 Å². The van der Waals surface area contributed by atoms with Gasteiger partial charge in [-0.3, -0.25) is 4.79 Å². The number of aliphatic hydroxyl groups is 1. The minimum atomic E-state index is -1.99. The summed E-state index contributed by atoms with van der Waals surface area (Å²) in [5.41, 5.74) is 0.832. The van der Waals surface area contributed by atoms with Crippen molar-refractivity contribution in [2.45, 2.75) is 70.5 Å².